The molecule has 1 atom stereocenters. The smallest absolute Gasteiger partial charge is 0.464 e. The first kappa shape index (κ1) is 20.7. The number of para-hydroxylation sites is 2. The van der Waals surface area contributed by atoms with Crippen molar-refractivity contribution in [2.24, 2.45) is 0 Å². The van der Waals surface area contributed by atoms with Crippen molar-refractivity contribution in [1.82, 2.24) is 4.57 Å². The molecule has 3 aromatic rings. The van der Waals surface area contributed by atoms with Gasteiger partial charge in [-0.05, 0) is 56.3 Å². The maximum atomic E-state index is 13.0. The first-order valence-corrected chi connectivity index (χ1v) is 10.5. The molecule has 0 spiro atoms. The van der Waals surface area contributed by atoms with Gasteiger partial charge in [0, 0.05) is 5.69 Å². The molecule has 1 unspecified atom stereocenters. The Morgan fingerprint density at radius 3 is 2.50 bits per heavy atom. The minimum atomic E-state index is -1.11. The van der Waals surface area contributed by atoms with Crippen LogP contribution in [-0.4, -0.2) is 47.6 Å². The van der Waals surface area contributed by atoms with E-state index in [1.54, 1.807) is 23.1 Å². The number of ether oxygens (including phenoxy) is 1. The predicted octanol–water partition coefficient (Wildman–Crippen LogP) is 3.30. The third-order valence-electron chi connectivity index (χ3n) is 5.60. The van der Waals surface area contributed by atoms with Gasteiger partial charge in [0.1, 0.15) is 5.60 Å². The third kappa shape index (κ3) is 3.45. The Balaban J connectivity index is 1.40. The maximum absolute atomic E-state index is 13.0. The van der Waals surface area contributed by atoms with E-state index < -0.39 is 38.0 Å². The van der Waals surface area contributed by atoms with Gasteiger partial charge in [-0.1, -0.05) is 36.4 Å². The van der Waals surface area contributed by atoms with Gasteiger partial charge in [-0.15, -0.1) is 0 Å². The SMILES string of the molecule is CC(C)(C)OC(=O)N1c2ccccc2CC1B1OB(c2cc3ccccc3n2C(=O)O)O1. The fraction of sp³-hybridized carbons (Fsp3) is 0.273. The summed E-state index contributed by atoms with van der Waals surface area (Å²) in [5.41, 5.74) is 2.08. The second-order valence-corrected chi connectivity index (χ2v) is 8.97. The van der Waals surface area contributed by atoms with Crippen molar-refractivity contribution in [2.75, 3.05) is 4.90 Å². The van der Waals surface area contributed by atoms with E-state index in [1.807, 2.05) is 57.2 Å². The van der Waals surface area contributed by atoms with Crippen LogP contribution < -0.4 is 10.5 Å². The van der Waals surface area contributed by atoms with Gasteiger partial charge in [-0.2, -0.15) is 0 Å². The van der Waals surface area contributed by atoms with Crippen molar-refractivity contribution in [2.45, 2.75) is 38.7 Å². The topological polar surface area (TPSA) is 90.2 Å². The van der Waals surface area contributed by atoms with Crippen molar-refractivity contribution >= 4 is 48.6 Å². The van der Waals surface area contributed by atoms with E-state index in [0.29, 0.717) is 17.5 Å². The molecule has 1 N–H and O–H groups in total. The van der Waals surface area contributed by atoms with E-state index in [1.165, 1.54) is 4.57 Å². The molecule has 0 radical (unpaired) electrons. The highest BCUT2D eigenvalue weighted by atomic mass is 16.7. The molecule has 2 aliphatic heterocycles. The molecule has 0 bridgehead atoms. The molecule has 8 nitrogen and oxygen atoms in total. The fourth-order valence-corrected chi connectivity index (χ4v) is 4.31. The molecule has 1 fully saturated rings. The highest BCUT2D eigenvalue weighted by molar-refractivity contribution is 6.82. The Morgan fingerprint density at radius 2 is 1.78 bits per heavy atom. The van der Waals surface area contributed by atoms with E-state index in [0.717, 1.165) is 16.6 Å². The number of carbonyl (C=O) groups excluding carboxylic acids is 1. The van der Waals surface area contributed by atoms with Crippen LogP contribution in [0.25, 0.3) is 10.9 Å². The van der Waals surface area contributed by atoms with Crippen LogP contribution in [0.1, 0.15) is 26.3 Å². The summed E-state index contributed by atoms with van der Waals surface area (Å²) in [6, 6.07) is 16.6. The average Bonchev–Trinajstić information content (AvgIpc) is 3.24. The number of carbonyl (C=O) groups is 2. The highest BCUT2D eigenvalue weighted by Crippen LogP contribution is 2.36. The van der Waals surface area contributed by atoms with Crippen molar-refractivity contribution < 1.29 is 28.6 Å². The number of hydrogen-bond acceptors (Lipinski definition) is 5. The number of rotatable bonds is 2. The third-order valence-corrected chi connectivity index (χ3v) is 5.60. The van der Waals surface area contributed by atoms with Crippen LogP contribution in [0.3, 0.4) is 0 Å². The number of aromatic nitrogens is 1. The standard InChI is InChI=1S/C22H22B2N2O6/c1-22(2,3)30-21(29)26-17-11-7-5-9-15(17)13-19(26)24-31-23(32-24)18-12-14-8-4-6-10-16(14)25(18)20(27)28/h4-12,19H,13H2,1-3H3,(H,27,28). The minimum Gasteiger partial charge on any atom is -0.464 e. The van der Waals surface area contributed by atoms with Crippen LogP contribution in [0.5, 0.6) is 0 Å². The summed E-state index contributed by atoms with van der Waals surface area (Å²) >= 11 is 0. The lowest BCUT2D eigenvalue weighted by molar-refractivity contribution is 0.0572. The van der Waals surface area contributed by atoms with Gasteiger partial charge in [0.25, 0.3) is 0 Å². The molecule has 0 aliphatic carbocycles. The molecule has 1 aromatic heterocycles. The molecule has 2 aliphatic rings. The zero-order valence-corrected chi connectivity index (χ0v) is 18.0. The summed E-state index contributed by atoms with van der Waals surface area (Å²) in [5, 5.41) is 10.5. The number of nitrogens with zero attached hydrogens (tertiary/aromatic N) is 2. The van der Waals surface area contributed by atoms with Gasteiger partial charge in [-0.25, -0.2) is 9.59 Å². The summed E-state index contributed by atoms with van der Waals surface area (Å²) in [6.07, 6.45) is -1.03. The zero-order valence-electron chi connectivity index (χ0n) is 18.0. The van der Waals surface area contributed by atoms with Crippen molar-refractivity contribution in [1.29, 1.82) is 0 Å². The maximum Gasteiger partial charge on any atom is 0.484 e. The highest BCUT2D eigenvalue weighted by Gasteiger charge is 2.54. The second kappa shape index (κ2) is 7.43. The largest absolute Gasteiger partial charge is 0.484 e. The number of carboxylic acid groups (broad SMARTS) is 1. The molecular formula is C22H22B2N2O6. The number of hydrogen-bond donors (Lipinski definition) is 1. The average molecular weight is 432 g/mol. The molecule has 162 valence electrons. The van der Waals surface area contributed by atoms with Crippen molar-refractivity contribution in [3.05, 3.63) is 60.2 Å². The molecule has 10 heteroatoms. The predicted molar refractivity (Wildman–Crippen MR) is 121 cm³/mol. The lowest BCUT2D eigenvalue weighted by Crippen LogP contribution is -2.66. The Morgan fingerprint density at radius 1 is 1.09 bits per heavy atom. The van der Waals surface area contributed by atoms with Crippen molar-refractivity contribution in [3.8, 4) is 0 Å². The Hall–Kier alpha value is -3.23. The molecule has 2 aromatic carbocycles. The van der Waals surface area contributed by atoms with Gasteiger partial charge in [0.05, 0.1) is 17.1 Å². The summed E-state index contributed by atoms with van der Waals surface area (Å²) in [4.78, 5) is 26.5. The number of fused-ring (bicyclic) bond motifs is 2. The van der Waals surface area contributed by atoms with E-state index in [-0.39, 0.29) is 0 Å². The van der Waals surface area contributed by atoms with Crippen LogP contribution in [0.2, 0.25) is 0 Å². The van der Waals surface area contributed by atoms with Crippen LogP contribution in [-0.2, 0) is 20.3 Å². The molecule has 1 saturated heterocycles. The summed E-state index contributed by atoms with van der Waals surface area (Å²) in [5.74, 6) is -0.416. The molecule has 1 amide bonds. The first-order valence-electron chi connectivity index (χ1n) is 10.5. The summed E-state index contributed by atoms with van der Waals surface area (Å²) < 4.78 is 18.8. The Labute approximate surface area is 186 Å². The zero-order chi connectivity index (χ0) is 22.6. The number of amides is 1. The Bertz CT molecular complexity index is 1210. The van der Waals surface area contributed by atoms with Crippen LogP contribution in [0, 0.1) is 0 Å². The van der Waals surface area contributed by atoms with E-state index in [4.69, 9.17) is 13.9 Å². The number of benzene rings is 2. The van der Waals surface area contributed by atoms with Crippen LogP contribution in [0.4, 0.5) is 15.3 Å². The second-order valence-electron chi connectivity index (χ2n) is 8.97. The summed E-state index contributed by atoms with van der Waals surface area (Å²) in [6.45, 7) is 5.46. The monoisotopic (exact) mass is 432 g/mol. The van der Waals surface area contributed by atoms with Gasteiger partial charge in [0.2, 0.25) is 0 Å². The van der Waals surface area contributed by atoms with E-state index in [9.17, 15) is 14.7 Å². The van der Waals surface area contributed by atoms with Crippen LogP contribution in [0.15, 0.2) is 54.6 Å². The lowest BCUT2D eigenvalue weighted by Gasteiger charge is -2.38. The minimum absolute atomic E-state index is 0.397. The van der Waals surface area contributed by atoms with Gasteiger partial charge < -0.3 is 19.0 Å². The quantitative estimate of drug-likeness (QED) is 0.626. The van der Waals surface area contributed by atoms with Crippen molar-refractivity contribution in [3.63, 3.8) is 0 Å². The number of anilines is 1. The molecule has 32 heavy (non-hydrogen) atoms. The molecule has 5 rings (SSSR count). The molecular weight excluding hydrogens is 410 g/mol. The Kier molecular flexibility index (Phi) is 4.79. The van der Waals surface area contributed by atoms with Gasteiger partial charge in [0.15, 0.2) is 0 Å². The van der Waals surface area contributed by atoms with E-state index in [2.05, 4.69) is 0 Å². The summed E-state index contributed by atoms with van der Waals surface area (Å²) in [7, 11) is -1.55. The van der Waals surface area contributed by atoms with E-state index >= 15 is 0 Å². The van der Waals surface area contributed by atoms with Gasteiger partial charge in [-0.3, -0.25) is 9.47 Å². The normalized spacial score (nSPS) is 18.0. The van der Waals surface area contributed by atoms with Gasteiger partial charge >= 0.3 is 26.4 Å². The fourth-order valence-electron chi connectivity index (χ4n) is 4.31. The first-order chi connectivity index (χ1) is 15.2. The molecule has 3 heterocycles. The lowest BCUT2D eigenvalue weighted by atomic mass is 9.61. The van der Waals surface area contributed by atoms with Crippen LogP contribution >= 0.6 is 0 Å². The molecule has 0 saturated carbocycles.